The molecule has 0 aliphatic carbocycles. The molecule has 0 atom stereocenters. The number of carbonyl (C=O) groups excluding carboxylic acids is 1. The molecule has 4 heteroatoms. The first-order valence-electron chi connectivity index (χ1n) is 3.55. The van der Waals surface area contributed by atoms with Gasteiger partial charge in [0.25, 0.3) is 0 Å². The van der Waals surface area contributed by atoms with Gasteiger partial charge >= 0.3 is 16.0 Å². The molecule has 0 saturated carbocycles. The second-order valence-corrected chi connectivity index (χ2v) is 3.31. The number of benzene rings is 1. The van der Waals surface area contributed by atoms with Gasteiger partial charge in [0.2, 0.25) is 0 Å². The van der Waals surface area contributed by atoms with Crippen LogP contribution in [0.3, 0.4) is 0 Å². The summed E-state index contributed by atoms with van der Waals surface area (Å²) in [6.07, 6.45) is 0. The van der Waals surface area contributed by atoms with Crippen LogP contribution in [0.5, 0.6) is 0 Å². The lowest BCUT2D eigenvalue weighted by molar-refractivity contribution is 0.0710. The Morgan fingerprint density at radius 1 is 1.33 bits per heavy atom. The van der Waals surface area contributed by atoms with Gasteiger partial charge in [-0.25, -0.2) is 4.79 Å². The highest BCUT2D eigenvalue weighted by molar-refractivity contribution is 6.23. The Kier molecular flexibility index (Phi) is 3.50. The minimum absolute atomic E-state index is 0.302. The third kappa shape index (κ3) is 2.48. The van der Waals surface area contributed by atoms with Crippen LogP contribution in [0.2, 0.25) is 0 Å². The maximum absolute atomic E-state index is 11.1. The summed E-state index contributed by atoms with van der Waals surface area (Å²) < 4.78 is 9.58. The van der Waals surface area contributed by atoms with Crippen molar-refractivity contribution in [3.05, 3.63) is 35.9 Å². The second-order valence-electron chi connectivity index (χ2n) is 2.20. The minimum Gasteiger partial charge on any atom is -0.496 e. The molecule has 1 aromatic rings. The van der Waals surface area contributed by atoms with Gasteiger partial charge < -0.3 is 8.85 Å². The normalized spacial score (nSPS) is 10.4. The maximum atomic E-state index is 11.1. The van der Waals surface area contributed by atoms with Crippen molar-refractivity contribution in [1.82, 2.24) is 0 Å². The van der Waals surface area contributed by atoms with E-state index in [0.717, 1.165) is 0 Å². The summed E-state index contributed by atoms with van der Waals surface area (Å²) in [6, 6.07) is 8.87. The van der Waals surface area contributed by atoms with Crippen LogP contribution < -0.4 is 0 Å². The molecular weight excluding hydrogens is 172 g/mol. The topological polar surface area (TPSA) is 35.5 Å². The van der Waals surface area contributed by atoms with Crippen LogP contribution in [0.15, 0.2) is 30.3 Å². The van der Waals surface area contributed by atoms with Crippen LogP contribution >= 0.6 is 0 Å². The molecule has 0 heterocycles. The molecule has 3 nitrogen and oxygen atoms in total. The Bertz CT molecular complexity index is 248. The van der Waals surface area contributed by atoms with Gasteiger partial charge in [-0.1, -0.05) is 18.2 Å². The molecule has 0 unspecified atom stereocenters. The first-order chi connectivity index (χ1) is 5.84. The highest BCUT2D eigenvalue weighted by atomic mass is 28.3. The van der Waals surface area contributed by atoms with Gasteiger partial charge in [0.15, 0.2) is 0 Å². The molecular formula is C8H10O3Si. The smallest absolute Gasteiger partial charge is 0.369 e. The van der Waals surface area contributed by atoms with E-state index in [0.29, 0.717) is 5.56 Å². The molecule has 0 aliphatic heterocycles. The van der Waals surface area contributed by atoms with Crippen LogP contribution in [0, 0.1) is 0 Å². The van der Waals surface area contributed by atoms with Crippen molar-refractivity contribution >= 4 is 16.0 Å². The third-order valence-corrected chi connectivity index (χ3v) is 1.93. The standard InChI is InChI=1S/C8H10O3Si/c1-10-12-11-8(9)7-5-3-2-4-6-7/h2-6H,12H2,1H3. The van der Waals surface area contributed by atoms with E-state index in [1.165, 1.54) is 7.11 Å². The summed E-state index contributed by atoms with van der Waals surface area (Å²) in [4.78, 5) is 11.1. The first-order valence-corrected chi connectivity index (χ1v) is 4.71. The Morgan fingerprint density at radius 2 is 2.00 bits per heavy atom. The highest BCUT2D eigenvalue weighted by Crippen LogP contribution is 1.99. The summed E-state index contributed by atoms with van der Waals surface area (Å²) >= 11 is 0. The molecule has 0 N–H and O–H groups in total. The molecule has 0 radical (unpaired) electrons. The predicted molar refractivity (Wildman–Crippen MR) is 47.4 cm³/mol. The second kappa shape index (κ2) is 4.69. The third-order valence-electron chi connectivity index (χ3n) is 1.32. The van der Waals surface area contributed by atoms with E-state index in [1.54, 1.807) is 24.3 Å². The average molecular weight is 182 g/mol. The summed E-state index contributed by atoms with van der Waals surface area (Å²) in [5.41, 5.74) is 0.571. The molecule has 0 aliphatic rings. The zero-order valence-corrected chi connectivity index (χ0v) is 8.23. The van der Waals surface area contributed by atoms with Crippen molar-refractivity contribution in [3.63, 3.8) is 0 Å². The Labute approximate surface area is 73.4 Å². The Morgan fingerprint density at radius 3 is 2.58 bits per heavy atom. The van der Waals surface area contributed by atoms with E-state index in [2.05, 4.69) is 0 Å². The van der Waals surface area contributed by atoms with Gasteiger partial charge in [-0.05, 0) is 12.1 Å². The number of hydrogen-bond donors (Lipinski definition) is 0. The summed E-state index contributed by atoms with van der Waals surface area (Å²) in [5, 5.41) is 0. The fourth-order valence-electron chi connectivity index (χ4n) is 0.770. The van der Waals surface area contributed by atoms with Crippen molar-refractivity contribution in [2.45, 2.75) is 0 Å². The molecule has 0 aromatic heterocycles. The van der Waals surface area contributed by atoms with Crippen molar-refractivity contribution in [2.75, 3.05) is 7.11 Å². The number of carbonyl (C=O) groups is 1. The molecule has 0 spiro atoms. The zero-order valence-electron chi connectivity index (χ0n) is 6.82. The molecule has 0 fully saturated rings. The lowest BCUT2D eigenvalue weighted by Crippen LogP contribution is -2.10. The van der Waals surface area contributed by atoms with E-state index in [1.807, 2.05) is 6.07 Å². The van der Waals surface area contributed by atoms with Gasteiger partial charge in [0.05, 0.1) is 5.56 Å². The van der Waals surface area contributed by atoms with Crippen molar-refractivity contribution in [1.29, 1.82) is 0 Å². The minimum atomic E-state index is -1.12. The fourth-order valence-corrected chi connectivity index (χ4v) is 1.16. The molecule has 1 rings (SSSR count). The van der Waals surface area contributed by atoms with Crippen molar-refractivity contribution < 1.29 is 13.6 Å². The molecule has 12 heavy (non-hydrogen) atoms. The van der Waals surface area contributed by atoms with Gasteiger partial charge in [-0.15, -0.1) is 0 Å². The number of rotatable bonds is 3. The zero-order chi connectivity index (χ0) is 8.81. The lowest BCUT2D eigenvalue weighted by atomic mass is 10.2. The molecule has 64 valence electrons. The molecule has 0 bridgehead atoms. The highest BCUT2D eigenvalue weighted by Gasteiger charge is 2.03. The van der Waals surface area contributed by atoms with Gasteiger partial charge in [-0.2, -0.15) is 0 Å². The van der Waals surface area contributed by atoms with Crippen LogP contribution in [-0.2, 0) is 8.85 Å². The predicted octanol–water partition coefficient (Wildman–Crippen LogP) is 0.489. The van der Waals surface area contributed by atoms with Crippen molar-refractivity contribution in [3.8, 4) is 0 Å². The number of hydrogen-bond acceptors (Lipinski definition) is 3. The van der Waals surface area contributed by atoms with E-state index in [4.69, 9.17) is 8.85 Å². The van der Waals surface area contributed by atoms with E-state index in [9.17, 15) is 4.79 Å². The van der Waals surface area contributed by atoms with Crippen LogP contribution in [-0.4, -0.2) is 23.1 Å². The average Bonchev–Trinajstić information content (AvgIpc) is 2.15. The monoisotopic (exact) mass is 182 g/mol. The quantitative estimate of drug-likeness (QED) is 0.638. The molecule has 1 aromatic carbocycles. The SMILES string of the molecule is CO[SiH2]OC(=O)c1ccccc1. The fraction of sp³-hybridized carbons (Fsp3) is 0.125. The lowest BCUT2D eigenvalue weighted by Gasteiger charge is -2.01. The van der Waals surface area contributed by atoms with Crippen LogP contribution in [0.4, 0.5) is 0 Å². The van der Waals surface area contributed by atoms with E-state index < -0.39 is 10.0 Å². The van der Waals surface area contributed by atoms with Gasteiger partial charge in [0.1, 0.15) is 0 Å². The van der Waals surface area contributed by atoms with E-state index in [-0.39, 0.29) is 5.97 Å². The van der Waals surface area contributed by atoms with Crippen molar-refractivity contribution in [2.24, 2.45) is 0 Å². The maximum Gasteiger partial charge on any atom is 0.369 e. The largest absolute Gasteiger partial charge is 0.496 e. The van der Waals surface area contributed by atoms with Crippen LogP contribution in [0.25, 0.3) is 0 Å². The Hall–Kier alpha value is -1.13. The first kappa shape index (κ1) is 8.96. The van der Waals surface area contributed by atoms with Gasteiger partial charge in [0, 0.05) is 7.11 Å². The summed E-state index contributed by atoms with van der Waals surface area (Å²) in [7, 11) is 0.413. The van der Waals surface area contributed by atoms with E-state index >= 15 is 0 Å². The van der Waals surface area contributed by atoms with Crippen LogP contribution in [0.1, 0.15) is 10.4 Å². The molecule has 0 amide bonds. The Balaban J connectivity index is 2.54. The summed E-state index contributed by atoms with van der Waals surface area (Å²) in [5.74, 6) is -0.302. The van der Waals surface area contributed by atoms with Gasteiger partial charge in [-0.3, -0.25) is 0 Å². The molecule has 0 saturated heterocycles. The summed E-state index contributed by atoms with van der Waals surface area (Å²) in [6.45, 7) is 0.